The Kier molecular flexibility index (Phi) is 15.9. The highest BCUT2D eigenvalue weighted by atomic mass is 14.3. The van der Waals surface area contributed by atoms with Gasteiger partial charge in [-0.25, -0.2) is 0 Å². The molecule has 0 heteroatoms. The normalized spacial score (nSPS) is 22.4. The third-order valence-corrected chi connectivity index (χ3v) is 11.9. The van der Waals surface area contributed by atoms with E-state index in [-0.39, 0.29) is 0 Å². The van der Waals surface area contributed by atoms with Crippen molar-refractivity contribution in [2.45, 2.75) is 194 Å². The number of benzene rings is 2. The number of hydrogen-bond acceptors (Lipinski definition) is 0. The van der Waals surface area contributed by atoms with Crippen molar-refractivity contribution < 1.29 is 0 Å². The second-order valence-electron chi connectivity index (χ2n) is 15.4. The maximum absolute atomic E-state index is 2.49. The average Bonchev–Trinajstić information content (AvgIpc) is 3.04. The largest absolute Gasteiger partial charge is 0.0654 e. The van der Waals surface area contributed by atoms with Gasteiger partial charge in [0.1, 0.15) is 0 Å². The first-order valence-electron chi connectivity index (χ1n) is 19.8. The van der Waals surface area contributed by atoms with Crippen LogP contribution in [-0.4, -0.2) is 0 Å². The van der Waals surface area contributed by atoms with Crippen molar-refractivity contribution >= 4 is 0 Å². The van der Waals surface area contributed by atoms with E-state index in [1.807, 2.05) is 0 Å². The minimum absolute atomic E-state index is 0.777. The van der Waals surface area contributed by atoms with Crippen LogP contribution in [0.3, 0.4) is 0 Å². The van der Waals surface area contributed by atoms with Crippen LogP contribution in [0, 0.1) is 25.7 Å². The Labute approximate surface area is 274 Å². The first kappa shape index (κ1) is 35.3. The fourth-order valence-corrected chi connectivity index (χ4v) is 8.93. The van der Waals surface area contributed by atoms with Crippen LogP contribution in [-0.2, 0) is 0 Å². The molecule has 2 aliphatic rings. The number of rotatable bonds is 19. The lowest BCUT2D eigenvalue weighted by atomic mass is 9.75. The zero-order chi connectivity index (χ0) is 31.0. The van der Waals surface area contributed by atoms with Crippen LogP contribution in [0.2, 0.25) is 0 Å². The van der Waals surface area contributed by atoms with Gasteiger partial charge in [-0.3, -0.25) is 0 Å². The van der Waals surface area contributed by atoms with Gasteiger partial charge in [-0.15, -0.1) is 0 Å². The van der Waals surface area contributed by atoms with Gasteiger partial charge in [-0.1, -0.05) is 153 Å². The molecule has 2 aliphatic carbocycles. The van der Waals surface area contributed by atoms with E-state index >= 15 is 0 Å². The molecule has 0 amide bonds. The highest BCUT2D eigenvalue weighted by molar-refractivity contribution is 5.66. The molecule has 0 nitrogen and oxygen atoms in total. The van der Waals surface area contributed by atoms with E-state index in [0.29, 0.717) is 0 Å². The molecule has 2 aromatic rings. The lowest BCUT2D eigenvalue weighted by Crippen LogP contribution is -2.14. The van der Waals surface area contributed by atoms with Gasteiger partial charge in [-0.05, 0) is 122 Å². The maximum atomic E-state index is 2.49. The van der Waals surface area contributed by atoms with Crippen LogP contribution >= 0.6 is 0 Å². The zero-order valence-electron chi connectivity index (χ0n) is 29.7. The molecule has 2 saturated carbocycles. The van der Waals surface area contributed by atoms with Gasteiger partial charge in [0.25, 0.3) is 0 Å². The van der Waals surface area contributed by atoms with Crippen LogP contribution in [0.1, 0.15) is 202 Å². The van der Waals surface area contributed by atoms with Gasteiger partial charge in [0, 0.05) is 0 Å². The molecule has 4 rings (SSSR count). The Bertz CT molecular complexity index is 960. The Balaban J connectivity index is 1.19. The first-order valence-corrected chi connectivity index (χ1v) is 19.8. The van der Waals surface area contributed by atoms with Crippen molar-refractivity contribution in [1.29, 1.82) is 0 Å². The van der Waals surface area contributed by atoms with Crippen LogP contribution in [0.25, 0.3) is 11.1 Å². The maximum Gasteiger partial charge on any atom is -0.0159 e. The SMILES string of the molecule is CCCCCCCCC[C@H]1CC[C@H](c2ccc(-c3ccc([C@H]4CC[C@H](CCCCCCCCC)CC4)c(C)c3)cc2C)CC1. The van der Waals surface area contributed by atoms with E-state index in [1.165, 1.54) is 176 Å². The quantitative estimate of drug-likeness (QED) is 0.141. The van der Waals surface area contributed by atoms with Gasteiger partial charge in [0.15, 0.2) is 0 Å². The molecule has 44 heavy (non-hydrogen) atoms. The standard InChI is InChI=1S/C44H70/c1-5-7-9-11-13-15-17-19-37-21-25-39(26-22-37)43-31-29-41(33-35(43)3)42-30-32-44(36(4)34-42)40-27-23-38(24-28-40)20-18-16-14-12-10-8-6-2/h29-34,37-40H,5-28H2,1-4H3/t37-,38-,39-,40-. The zero-order valence-corrected chi connectivity index (χ0v) is 29.7. The summed E-state index contributed by atoms with van der Waals surface area (Å²) in [6.07, 6.45) is 34.5. The first-order chi connectivity index (χ1) is 21.6. The van der Waals surface area contributed by atoms with Crippen LogP contribution in [0.5, 0.6) is 0 Å². The lowest BCUT2D eigenvalue weighted by Gasteiger charge is -2.30. The van der Waals surface area contributed by atoms with Crippen molar-refractivity contribution in [2.24, 2.45) is 11.8 Å². The van der Waals surface area contributed by atoms with E-state index in [2.05, 4.69) is 64.1 Å². The van der Waals surface area contributed by atoms with Crippen LogP contribution in [0.15, 0.2) is 36.4 Å². The predicted molar refractivity (Wildman–Crippen MR) is 196 cm³/mol. The molecule has 0 aliphatic heterocycles. The summed E-state index contributed by atoms with van der Waals surface area (Å²) >= 11 is 0. The third kappa shape index (κ3) is 11.4. The average molecular weight is 599 g/mol. The molecular formula is C44H70. The molecular weight excluding hydrogens is 528 g/mol. The minimum atomic E-state index is 0.777. The van der Waals surface area contributed by atoms with E-state index in [0.717, 1.165) is 23.7 Å². The molecule has 0 saturated heterocycles. The summed E-state index contributed by atoms with van der Waals surface area (Å²) in [5.74, 6) is 3.53. The molecule has 0 radical (unpaired) electrons. The van der Waals surface area contributed by atoms with E-state index in [1.54, 1.807) is 11.1 Å². The topological polar surface area (TPSA) is 0 Å². The summed E-state index contributed by atoms with van der Waals surface area (Å²) in [6.45, 7) is 9.37. The second-order valence-corrected chi connectivity index (χ2v) is 15.4. The fourth-order valence-electron chi connectivity index (χ4n) is 8.93. The second kappa shape index (κ2) is 19.8. The molecule has 0 spiro atoms. The summed E-state index contributed by atoms with van der Waals surface area (Å²) in [4.78, 5) is 0. The number of aryl methyl sites for hydroxylation is 2. The Morgan fingerprint density at radius 3 is 1.11 bits per heavy atom. The highest BCUT2D eigenvalue weighted by Crippen LogP contribution is 2.42. The molecule has 0 aromatic heterocycles. The van der Waals surface area contributed by atoms with Gasteiger partial charge in [0.05, 0.1) is 0 Å². The molecule has 2 fully saturated rings. The van der Waals surface area contributed by atoms with Gasteiger partial charge >= 0.3 is 0 Å². The molecule has 0 bridgehead atoms. The van der Waals surface area contributed by atoms with Crippen LogP contribution in [0.4, 0.5) is 0 Å². The lowest BCUT2D eigenvalue weighted by molar-refractivity contribution is 0.301. The summed E-state index contributed by atoms with van der Waals surface area (Å²) in [5.41, 5.74) is 9.10. The molecule has 246 valence electrons. The van der Waals surface area contributed by atoms with Gasteiger partial charge in [0.2, 0.25) is 0 Å². The van der Waals surface area contributed by atoms with Crippen molar-refractivity contribution in [3.63, 3.8) is 0 Å². The highest BCUT2D eigenvalue weighted by Gasteiger charge is 2.25. The van der Waals surface area contributed by atoms with Gasteiger partial charge in [-0.2, -0.15) is 0 Å². The molecule has 0 unspecified atom stereocenters. The summed E-state index contributed by atoms with van der Waals surface area (Å²) in [7, 11) is 0. The third-order valence-electron chi connectivity index (χ3n) is 11.9. The van der Waals surface area contributed by atoms with Crippen molar-refractivity contribution in [1.82, 2.24) is 0 Å². The summed E-state index contributed by atoms with van der Waals surface area (Å²) in [6, 6.07) is 14.8. The monoisotopic (exact) mass is 599 g/mol. The fraction of sp³-hybridized carbons (Fsp3) is 0.727. The number of unbranched alkanes of at least 4 members (excludes halogenated alkanes) is 12. The van der Waals surface area contributed by atoms with E-state index in [4.69, 9.17) is 0 Å². The molecule has 2 aromatic carbocycles. The summed E-state index contributed by atoms with van der Waals surface area (Å²) < 4.78 is 0. The Morgan fingerprint density at radius 2 is 0.773 bits per heavy atom. The van der Waals surface area contributed by atoms with Crippen LogP contribution < -0.4 is 0 Å². The Hall–Kier alpha value is -1.56. The van der Waals surface area contributed by atoms with Gasteiger partial charge < -0.3 is 0 Å². The smallest absolute Gasteiger partial charge is 0.0159 e. The minimum Gasteiger partial charge on any atom is -0.0654 e. The molecule has 0 N–H and O–H groups in total. The molecule has 0 atom stereocenters. The van der Waals surface area contributed by atoms with Crippen molar-refractivity contribution in [2.75, 3.05) is 0 Å². The van der Waals surface area contributed by atoms with Crippen molar-refractivity contribution in [3.05, 3.63) is 58.7 Å². The molecule has 0 heterocycles. The predicted octanol–water partition coefficient (Wildman–Crippen LogP) is 14.8. The number of hydrogen-bond donors (Lipinski definition) is 0. The van der Waals surface area contributed by atoms with Crippen molar-refractivity contribution in [3.8, 4) is 11.1 Å². The summed E-state index contributed by atoms with van der Waals surface area (Å²) in [5, 5.41) is 0. The Morgan fingerprint density at radius 1 is 0.432 bits per heavy atom. The van der Waals surface area contributed by atoms with E-state index < -0.39 is 0 Å². The van der Waals surface area contributed by atoms with E-state index in [9.17, 15) is 0 Å².